The molecule has 1 amide bonds. The second-order valence-electron chi connectivity index (χ2n) is 10.6. The molecule has 10 nitrogen and oxygen atoms in total. The highest BCUT2D eigenvalue weighted by Gasteiger charge is 2.57. The van der Waals surface area contributed by atoms with Gasteiger partial charge in [0.15, 0.2) is 0 Å². The van der Waals surface area contributed by atoms with E-state index in [1.54, 1.807) is 6.20 Å². The Kier molecular flexibility index (Phi) is 5.94. The van der Waals surface area contributed by atoms with Crippen LogP contribution in [0.3, 0.4) is 0 Å². The molecule has 1 saturated carbocycles. The highest BCUT2D eigenvalue weighted by molar-refractivity contribution is 5.81. The van der Waals surface area contributed by atoms with Crippen LogP contribution in [0.1, 0.15) is 57.1 Å². The van der Waals surface area contributed by atoms with E-state index in [1.165, 1.54) is 0 Å². The van der Waals surface area contributed by atoms with Gasteiger partial charge in [-0.2, -0.15) is 15.5 Å². The lowest BCUT2D eigenvalue weighted by atomic mass is 10.0. The topological polar surface area (TPSA) is 112 Å². The van der Waals surface area contributed by atoms with Crippen molar-refractivity contribution < 1.29 is 9.53 Å². The van der Waals surface area contributed by atoms with Crippen LogP contribution in [-0.2, 0) is 4.74 Å². The molecule has 2 aromatic rings. The van der Waals surface area contributed by atoms with Crippen molar-refractivity contribution in [3.05, 3.63) is 47.4 Å². The van der Waals surface area contributed by atoms with E-state index in [4.69, 9.17) is 9.72 Å². The lowest BCUT2D eigenvalue weighted by Crippen LogP contribution is -2.38. The first-order valence-electron chi connectivity index (χ1n) is 12.3. The summed E-state index contributed by atoms with van der Waals surface area (Å²) in [5.74, 6) is 1.75. The standard InChI is InChI=1S/C26H32N8O2/c1-6-18(24-17(11-27)13-30-34(24)22-9-10-29-32(22)5)16-7-8-21(28-12-16)33-14-19-20(15-33)23(19)31-25(35)36-26(2,3)4/h6-8,10,12-13,19-20,22-23H,9,14-15H2,1-5H3,(H,31,35)/b18-6-/t19-,20+,22?,23-. The number of amides is 1. The van der Waals surface area contributed by atoms with E-state index in [-0.39, 0.29) is 18.3 Å². The number of carbonyl (C=O) groups is 1. The molecule has 0 aromatic carbocycles. The maximum Gasteiger partial charge on any atom is 0.407 e. The van der Waals surface area contributed by atoms with Crippen molar-refractivity contribution in [3.63, 3.8) is 0 Å². The fraction of sp³-hybridized carbons (Fsp3) is 0.500. The number of alkyl carbamates (subject to hydrolysis) is 1. The van der Waals surface area contributed by atoms with Gasteiger partial charge in [0.05, 0.1) is 17.5 Å². The molecule has 5 rings (SSSR count). The van der Waals surface area contributed by atoms with E-state index in [0.717, 1.165) is 42.2 Å². The minimum absolute atomic E-state index is 0.0668. The minimum atomic E-state index is -0.496. The summed E-state index contributed by atoms with van der Waals surface area (Å²) in [6, 6.07) is 6.53. The number of pyridine rings is 1. The Bertz CT molecular complexity index is 1240. The predicted octanol–water partition coefficient (Wildman–Crippen LogP) is 3.38. The maximum absolute atomic E-state index is 12.1. The summed E-state index contributed by atoms with van der Waals surface area (Å²) in [6.45, 7) is 9.27. The predicted molar refractivity (Wildman–Crippen MR) is 136 cm³/mol. The van der Waals surface area contributed by atoms with Crippen molar-refractivity contribution in [2.45, 2.75) is 51.9 Å². The summed E-state index contributed by atoms with van der Waals surface area (Å²) >= 11 is 0. The normalized spacial score (nSPS) is 25.1. The van der Waals surface area contributed by atoms with E-state index in [2.05, 4.69) is 26.5 Å². The van der Waals surface area contributed by atoms with Gasteiger partial charge in [0.25, 0.3) is 0 Å². The number of allylic oxidation sites excluding steroid dienone is 1. The Morgan fingerprint density at radius 1 is 1.25 bits per heavy atom. The number of anilines is 1. The Balaban J connectivity index is 1.27. The molecule has 2 aliphatic heterocycles. The number of ether oxygens (including phenoxy) is 1. The molecule has 0 spiro atoms. The van der Waals surface area contributed by atoms with Gasteiger partial charge in [-0.3, -0.25) is 5.01 Å². The zero-order valence-electron chi connectivity index (χ0n) is 21.3. The molecular weight excluding hydrogens is 456 g/mol. The van der Waals surface area contributed by atoms with E-state index in [1.807, 2.05) is 75.1 Å². The molecule has 10 heteroatoms. The van der Waals surface area contributed by atoms with Crippen LogP contribution in [0.15, 0.2) is 35.7 Å². The number of carbonyl (C=O) groups excluding carboxylic acids is 1. The maximum atomic E-state index is 12.1. The molecule has 2 fully saturated rings. The molecular formula is C26H32N8O2. The number of fused-ring (bicyclic) bond motifs is 1. The summed E-state index contributed by atoms with van der Waals surface area (Å²) in [4.78, 5) is 19.1. The highest BCUT2D eigenvalue weighted by atomic mass is 16.6. The second-order valence-corrected chi connectivity index (χ2v) is 10.6. The number of piperidine rings is 1. The molecule has 0 radical (unpaired) electrons. The summed E-state index contributed by atoms with van der Waals surface area (Å²) in [5.41, 5.74) is 2.64. The highest BCUT2D eigenvalue weighted by Crippen LogP contribution is 2.46. The fourth-order valence-electron chi connectivity index (χ4n) is 5.24. The summed E-state index contributed by atoms with van der Waals surface area (Å²) in [5, 5.41) is 23.5. The zero-order valence-corrected chi connectivity index (χ0v) is 21.3. The Labute approximate surface area is 211 Å². The van der Waals surface area contributed by atoms with Crippen molar-refractivity contribution in [1.29, 1.82) is 5.26 Å². The van der Waals surface area contributed by atoms with Crippen LogP contribution < -0.4 is 10.2 Å². The summed E-state index contributed by atoms with van der Waals surface area (Å²) in [7, 11) is 1.91. The lowest BCUT2D eigenvalue weighted by molar-refractivity contribution is 0.0518. The molecule has 3 aliphatic rings. The molecule has 4 atom stereocenters. The van der Waals surface area contributed by atoms with Crippen LogP contribution >= 0.6 is 0 Å². The summed E-state index contributed by atoms with van der Waals surface area (Å²) < 4.78 is 7.26. The van der Waals surface area contributed by atoms with Gasteiger partial charge in [-0.15, -0.1) is 0 Å². The zero-order chi connectivity index (χ0) is 25.6. The van der Waals surface area contributed by atoms with Gasteiger partial charge < -0.3 is 15.0 Å². The minimum Gasteiger partial charge on any atom is -0.444 e. The fourth-order valence-corrected chi connectivity index (χ4v) is 5.24. The van der Waals surface area contributed by atoms with Crippen LogP contribution in [0, 0.1) is 23.2 Å². The third kappa shape index (κ3) is 4.41. The number of nitrogens with one attached hydrogen (secondary N) is 1. The Hall–Kier alpha value is -3.87. The number of hydrazone groups is 1. The molecule has 1 saturated heterocycles. The number of nitrogens with zero attached hydrogens (tertiary/aromatic N) is 7. The Morgan fingerprint density at radius 2 is 2.00 bits per heavy atom. The van der Waals surface area contributed by atoms with E-state index in [9.17, 15) is 10.1 Å². The average Bonchev–Trinajstić information content (AvgIpc) is 3.26. The molecule has 1 unspecified atom stereocenters. The first-order chi connectivity index (χ1) is 17.2. The largest absolute Gasteiger partial charge is 0.444 e. The molecule has 2 aromatic heterocycles. The van der Waals surface area contributed by atoms with Crippen LogP contribution in [-0.4, -0.2) is 63.9 Å². The van der Waals surface area contributed by atoms with Gasteiger partial charge in [-0.25, -0.2) is 14.5 Å². The van der Waals surface area contributed by atoms with E-state index >= 15 is 0 Å². The van der Waals surface area contributed by atoms with Crippen molar-refractivity contribution in [3.8, 4) is 6.07 Å². The monoisotopic (exact) mass is 488 g/mol. The molecule has 188 valence electrons. The van der Waals surface area contributed by atoms with Crippen LogP contribution in [0.4, 0.5) is 10.6 Å². The van der Waals surface area contributed by atoms with Gasteiger partial charge in [-0.1, -0.05) is 6.08 Å². The van der Waals surface area contributed by atoms with Gasteiger partial charge in [0, 0.05) is 68.0 Å². The van der Waals surface area contributed by atoms with Gasteiger partial charge in [-0.05, 0) is 39.8 Å². The second kappa shape index (κ2) is 8.97. The third-order valence-corrected chi connectivity index (χ3v) is 7.01. The number of rotatable bonds is 5. The third-order valence-electron chi connectivity index (χ3n) is 7.01. The molecule has 1 N–H and O–H groups in total. The first kappa shape index (κ1) is 23.9. The number of aromatic nitrogens is 3. The van der Waals surface area contributed by atoms with E-state index in [0.29, 0.717) is 17.4 Å². The number of nitriles is 1. The van der Waals surface area contributed by atoms with Crippen molar-refractivity contribution in [1.82, 2.24) is 25.1 Å². The molecule has 1 aliphatic carbocycles. The molecule has 0 bridgehead atoms. The molecule has 4 heterocycles. The lowest BCUT2D eigenvalue weighted by Gasteiger charge is -2.24. The number of hydrogen-bond donors (Lipinski definition) is 1. The van der Waals surface area contributed by atoms with Gasteiger partial charge in [0.1, 0.15) is 23.7 Å². The van der Waals surface area contributed by atoms with Crippen molar-refractivity contribution >= 4 is 23.7 Å². The Morgan fingerprint density at radius 3 is 2.56 bits per heavy atom. The van der Waals surface area contributed by atoms with E-state index < -0.39 is 5.60 Å². The van der Waals surface area contributed by atoms with Crippen molar-refractivity contribution in [2.75, 3.05) is 25.0 Å². The van der Waals surface area contributed by atoms with Crippen LogP contribution in [0.2, 0.25) is 0 Å². The SMILES string of the molecule is C/C=C(/c1ccc(N2C[C@@H]3[C@H](C2)[C@@H]3NC(=O)OC(C)(C)C)nc1)c1c(C#N)cnn1C1CC=NN1C. The molecule has 36 heavy (non-hydrogen) atoms. The summed E-state index contributed by atoms with van der Waals surface area (Å²) in [6.07, 6.45) is 7.65. The first-order valence-corrected chi connectivity index (χ1v) is 12.3. The average molecular weight is 489 g/mol. The number of hydrogen-bond acceptors (Lipinski definition) is 8. The van der Waals surface area contributed by atoms with Crippen LogP contribution in [0.25, 0.3) is 5.57 Å². The smallest absolute Gasteiger partial charge is 0.407 e. The van der Waals surface area contributed by atoms with Gasteiger partial charge in [0.2, 0.25) is 0 Å². The quantitative estimate of drug-likeness (QED) is 0.687. The van der Waals surface area contributed by atoms with Crippen molar-refractivity contribution in [2.24, 2.45) is 16.9 Å². The van der Waals surface area contributed by atoms with Gasteiger partial charge >= 0.3 is 6.09 Å². The van der Waals surface area contributed by atoms with Crippen LogP contribution in [0.5, 0.6) is 0 Å².